The number of β-amino-alcohol motifs (C(OH)–C–C–N with tert-alkyl or cyclic N) is 1. The van der Waals surface area contributed by atoms with Crippen molar-refractivity contribution in [2.45, 2.75) is 18.6 Å². The highest BCUT2D eigenvalue weighted by molar-refractivity contribution is 5.83. The van der Waals surface area contributed by atoms with Gasteiger partial charge >= 0.3 is 12.0 Å². The minimum absolute atomic E-state index is 0.0698. The van der Waals surface area contributed by atoms with Crippen molar-refractivity contribution in [1.29, 1.82) is 0 Å². The molecule has 0 aromatic carbocycles. The van der Waals surface area contributed by atoms with Crippen molar-refractivity contribution in [3.63, 3.8) is 0 Å². The van der Waals surface area contributed by atoms with Gasteiger partial charge in [-0.2, -0.15) is 0 Å². The Labute approximate surface area is 117 Å². The van der Waals surface area contributed by atoms with E-state index in [0.717, 1.165) is 13.1 Å². The Morgan fingerprint density at radius 1 is 1.30 bits per heavy atom. The second kappa shape index (κ2) is 6.87. The maximum absolute atomic E-state index is 11.9. The Morgan fingerprint density at radius 3 is 2.65 bits per heavy atom. The Bertz CT molecular complexity index is 359. The SMILES string of the molecule is O=C(O)C1CC(O)CN1C(=O)NCCN1CCOCC1. The largest absolute Gasteiger partial charge is 0.480 e. The number of carbonyl (C=O) groups is 2. The molecule has 0 bridgehead atoms. The van der Waals surface area contributed by atoms with Gasteiger partial charge in [0.2, 0.25) is 0 Å². The molecule has 2 aliphatic rings. The molecular formula is C12H21N3O5. The topological polar surface area (TPSA) is 102 Å². The summed E-state index contributed by atoms with van der Waals surface area (Å²) in [6.45, 7) is 4.33. The van der Waals surface area contributed by atoms with Crippen LogP contribution < -0.4 is 5.32 Å². The fourth-order valence-corrected chi connectivity index (χ4v) is 2.52. The average Bonchev–Trinajstić information content (AvgIpc) is 2.82. The van der Waals surface area contributed by atoms with Gasteiger partial charge in [0, 0.05) is 39.1 Å². The molecular weight excluding hydrogens is 266 g/mol. The number of nitrogens with zero attached hydrogens (tertiary/aromatic N) is 2. The number of morpholine rings is 1. The van der Waals surface area contributed by atoms with Crippen LogP contribution >= 0.6 is 0 Å². The van der Waals surface area contributed by atoms with E-state index in [1.807, 2.05) is 0 Å². The normalized spacial score (nSPS) is 27.6. The third-order valence-electron chi connectivity index (χ3n) is 3.63. The molecule has 8 heteroatoms. The highest BCUT2D eigenvalue weighted by atomic mass is 16.5. The monoisotopic (exact) mass is 287 g/mol. The molecule has 0 radical (unpaired) electrons. The molecule has 0 spiro atoms. The number of aliphatic carboxylic acids is 1. The van der Waals surface area contributed by atoms with E-state index in [0.29, 0.717) is 26.3 Å². The van der Waals surface area contributed by atoms with Gasteiger partial charge in [-0.3, -0.25) is 4.90 Å². The lowest BCUT2D eigenvalue weighted by atomic mass is 10.2. The van der Waals surface area contributed by atoms with Crippen LogP contribution in [0, 0.1) is 0 Å². The molecule has 2 saturated heterocycles. The molecule has 0 aromatic heterocycles. The summed E-state index contributed by atoms with van der Waals surface area (Å²) in [6, 6.07) is -1.37. The van der Waals surface area contributed by atoms with Crippen LogP contribution in [-0.2, 0) is 9.53 Å². The number of carboxylic acids is 1. The summed E-state index contributed by atoms with van der Waals surface area (Å²) < 4.78 is 5.23. The number of rotatable bonds is 4. The standard InChI is InChI=1S/C12H21N3O5/c16-9-7-10(11(17)18)15(8-9)12(19)13-1-2-14-3-5-20-6-4-14/h9-10,16H,1-8H2,(H,13,19)(H,17,18). The molecule has 0 aliphatic carbocycles. The summed E-state index contributed by atoms with van der Waals surface area (Å²) in [5, 5.41) is 21.2. The number of hydrogen-bond acceptors (Lipinski definition) is 5. The van der Waals surface area contributed by atoms with Crippen LogP contribution in [0.5, 0.6) is 0 Å². The van der Waals surface area contributed by atoms with Gasteiger partial charge in [-0.1, -0.05) is 0 Å². The summed E-state index contributed by atoms with van der Waals surface area (Å²) in [5.74, 6) is -1.08. The van der Waals surface area contributed by atoms with E-state index in [2.05, 4.69) is 10.2 Å². The highest BCUT2D eigenvalue weighted by Crippen LogP contribution is 2.17. The predicted octanol–water partition coefficient (Wildman–Crippen LogP) is -1.45. The van der Waals surface area contributed by atoms with Gasteiger partial charge in [0.1, 0.15) is 6.04 Å². The fraction of sp³-hybridized carbons (Fsp3) is 0.833. The summed E-state index contributed by atoms with van der Waals surface area (Å²) >= 11 is 0. The molecule has 0 aromatic rings. The van der Waals surface area contributed by atoms with Crippen LogP contribution in [0.4, 0.5) is 4.79 Å². The number of aliphatic hydroxyl groups excluding tert-OH is 1. The minimum atomic E-state index is -1.08. The van der Waals surface area contributed by atoms with Gasteiger partial charge in [-0.15, -0.1) is 0 Å². The summed E-state index contributed by atoms with van der Waals surface area (Å²) in [6.07, 6.45) is -0.673. The Morgan fingerprint density at radius 2 is 2.00 bits per heavy atom. The van der Waals surface area contributed by atoms with Crippen LogP contribution in [-0.4, -0.2) is 90.1 Å². The van der Waals surface area contributed by atoms with Crippen molar-refractivity contribution in [3.8, 4) is 0 Å². The first-order valence-corrected chi connectivity index (χ1v) is 6.83. The molecule has 2 unspecified atom stereocenters. The van der Waals surface area contributed by atoms with E-state index in [1.54, 1.807) is 0 Å². The molecule has 3 N–H and O–H groups in total. The molecule has 2 aliphatic heterocycles. The summed E-state index contributed by atoms with van der Waals surface area (Å²) in [7, 11) is 0. The van der Waals surface area contributed by atoms with Crippen molar-refractivity contribution in [2.75, 3.05) is 45.9 Å². The zero-order chi connectivity index (χ0) is 14.5. The molecule has 2 atom stereocenters. The number of amides is 2. The number of carboxylic acid groups (broad SMARTS) is 1. The zero-order valence-electron chi connectivity index (χ0n) is 11.3. The number of nitrogens with one attached hydrogen (secondary N) is 1. The fourth-order valence-electron chi connectivity index (χ4n) is 2.52. The van der Waals surface area contributed by atoms with Gasteiger partial charge in [0.15, 0.2) is 0 Å². The van der Waals surface area contributed by atoms with Gasteiger partial charge in [-0.25, -0.2) is 9.59 Å². The van der Waals surface area contributed by atoms with Crippen molar-refractivity contribution in [1.82, 2.24) is 15.1 Å². The average molecular weight is 287 g/mol. The number of urea groups is 1. The van der Waals surface area contributed by atoms with Crippen molar-refractivity contribution < 1.29 is 24.5 Å². The first kappa shape index (κ1) is 15.0. The number of ether oxygens (including phenoxy) is 1. The van der Waals surface area contributed by atoms with Crippen LogP contribution in [0.15, 0.2) is 0 Å². The smallest absolute Gasteiger partial charge is 0.326 e. The number of carbonyl (C=O) groups excluding carboxylic acids is 1. The van der Waals surface area contributed by atoms with Gasteiger partial charge in [0.25, 0.3) is 0 Å². The quantitative estimate of drug-likeness (QED) is 0.584. The number of hydrogen-bond donors (Lipinski definition) is 3. The molecule has 2 amide bonds. The lowest BCUT2D eigenvalue weighted by Gasteiger charge is -2.27. The second-order valence-electron chi connectivity index (χ2n) is 5.08. The first-order valence-electron chi connectivity index (χ1n) is 6.83. The lowest BCUT2D eigenvalue weighted by Crippen LogP contribution is -2.48. The number of likely N-dealkylation sites (tertiary alicyclic amines) is 1. The van der Waals surface area contributed by atoms with Gasteiger partial charge < -0.3 is 25.2 Å². The Balaban J connectivity index is 1.74. The predicted molar refractivity (Wildman–Crippen MR) is 69.4 cm³/mol. The lowest BCUT2D eigenvalue weighted by molar-refractivity contribution is -0.141. The molecule has 2 rings (SSSR count). The van der Waals surface area contributed by atoms with Crippen LogP contribution in [0.25, 0.3) is 0 Å². The molecule has 0 saturated carbocycles. The van der Waals surface area contributed by atoms with E-state index in [1.165, 1.54) is 4.90 Å². The van der Waals surface area contributed by atoms with E-state index in [9.17, 15) is 14.7 Å². The summed E-state index contributed by atoms with van der Waals surface area (Å²) in [4.78, 5) is 26.3. The minimum Gasteiger partial charge on any atom is -0.480 e. The van der Waals surface area contributed by atoms with E-state index >= 15 is 0 Å². The maximum atomic E-state index is 11.9. The highest BCUT2D eigenvalue weighted by Gasteiger charge is 2.38. The van der Waals surface area contributed by atoms with Crippen LogP contribution in [0.2, 0.25) is 0 Å². The summed E-state index contributed by atoms with van der Waals surface area (Å²) in [5.41, 5.74) is 0. The second-order valence-corrected chi connectivity index (χ2v) is 5.08. The van der Waals surface area contributed by atoms with Crippen LogP contribution in [0.3, 0.4) is 0 Å². The van der Waals surface area contributed by atoms with Crippen molar-refractivity contribution in [3.05, 3.63) is 0 Å². The zero-order valence-corrected chi connectivity index (χ0v) is 11.3. The molecule has 2 fully saturated rings. The van der Waals surface area contributed by atoms with Crippen molar-refractivity contribution in [2.24, 2.45) is 0 Å². The molecule has 2 heterocycles. The van der Waals surface area contributed by atoms with Crippen molar-refractivity contribution >= 4 is 12.0 Å². The van der Waals surface area contributed by atoms with Crippen LogP contribution in [0.1, 0.15) is 6.42 Å². The van der Waals surface area contributed by atoms with E-state index in [-0.39, 0.29) is 13.0 Å². The van der Waals surface area contributed by atoms with Gasteiger partial charge in [-0.05, 0) is 0 Å². The van der Waals surface area contributed by atoms with Gasteiger partial charge in [0.05, 0.1) is 19.3 Å². The molecule has 114 valence electrons. The Hall–Kier alpha value is -1.38. The van der Waals surface area contributed by atoms with E-state index < -0.39 is 24.1 Å². The van der Waals surface area contributed by atoms with E-state index in [4.69, 9.17) is 9.84 Å². The maximum Gasteiger partial charge on any atom is 0.326 e. The number of aliphatic hydroxyl groups is 1. The molecule has 20 heavy (non-hydrogen) atoms. The third-order valence-corrected chi connectivity index (χ3v) is 3.63. The Kier molecular flexibility index (Phi) is 5.16. The third kappa shape index (κ3) is 3.81. The molecule has 8 nitrogen and oxygen atoms in total. The first-order chi connectivity index (χ1) is 9.58.